The average molecular weight is 273 g/mol. The van der Waals surface area contributed by atoms with E-state index < -0.39 is 0 Å². The molecule has 1 aromatic carbocycles. The largest absolute Gasteiger partial charge is 1.00 e. The minimum Gasteiger partial charge on any atom is -0.180 e. The molecule has 1 atom stereocenters. The minimum absolute atomic E-state index is 0. The van der Waals surface area contributed by atoms with Crippen LogP contribution in [0.3, 0.4) is 0 Å². The molecule has 1 aromatic rings. The Morgan fingerprint density at radius 3 is 1.68 bits per heavy atom. The second-order valence-corrected chi connectivity index (χ2v) is 6.42. The first-order valence-corrected chi connectivity index (χ1v) is 7.83. The van der Waals surface area contributed by atoms with Crippen molar-refractivity contribution in [2.75, 3.05) is 0 Å². The van der Waals surface area contributed by atoms with Crippen LogP contribution in [0.2, 0.25) is 24.0 Å². The first-order valence-electron chi connectivity index (χ1n) is 7.46. The van der Waals surface area contributed by atoms with Crippen LogP contribution < -0.4 is 18.9 Å². The van der Waals surface area contributed by atoms with E-state index in [1.807, 2.05) is 12.1 Å². The van der Waals surface area contributed by atoms with E-state index in [2.05, 4.69) is 46.8 Å². The molecule has 0 spiro atoms. The topological polar surface area (TPSA) is 0 Å². The quantitative estimate of drug-likeness (QED) is 0.698. The van der Waals surface area contributed by atoms with Crippen molar-refractivity contribution in [2.24, 2.45) is 0 Å². The Morgan fingerprint density at radius 1 is 0.947 bits per heavy atom. The third-order valence-corrected chi connectivity index (χ3v) is 6.19. The van der Waals surface area contributed by atoms with Gasteiger partial charge in [-0.2, -0.15) is 19.0 Å². The Balaban J connectivity index is 0.00000324. The Bertz CT molecular complexity index is 365. The van der Waals surface area contributed by atoms with Crippen molar-refractivity contribution >= 4 is 17.7 Å². The zero-order valence-electron chi connectivity index (χ0n) is 13.6. The molecular weight excluding hydrogens is 245 g/mol. The summed E-state index contributed by atoms with van der Waals surface area (Å²) in [6.45, 7) is 11.9. The number of rotatable bonds is 6. The fraction of sp³-hybridized carbons (Fsp3) is 0.625. The summed E-state index contributed by atoms with van der Waals surface area (Å²) in [7, 11) is 0. The first-order chi connectivity index (χ1) is 8.49. The van der Waals surface area contributed by atoms with Gasteiger partial charge in [-0.05, 0) is 12.1 Å². The molecule has 0 saturated heterocycles. The van der Waals surface area contributed by atoms with Gasteiger partial charge >= 0.3 is 18.9 Å². The number of halogens is 1. The van der Waals surface area contributed by atoms with Crippen LogP contribution in [0, 0.1) is 0 Å². The third kappa shape index (κ3) is 3.44. The van der Waals surface area contributed by atoms with E-state index in [-0.39, 0.29) is 25.0 Å². The summed E-state index contributed by atoms with van der Waals surface area (Å²) in [5, 5.41) is 1.13. The maximum Gasteiger partial charge on any atom is 1.00 e. The van der Waals surface area contributed by atoms with E-state index in [0.29, 0.717) is 5.31 Å². The molecule has 3 heteroatoms. The molecule has 0 bridgehead atoms. The summed E-state index contributed by atoms with van der Waals surface area (Å²) in [6.07, 6.45) is 4.71. The molecule has 0 saturated carbocycles. The van der Waals surface area contributed by atoms with Crippen molar-refractivity contribution in [1.29, 1.82) is 0 Å². The van der Waals surface area contributed by atoms with E-state index in [4.69, 9.17) is 11.6 Å². The Hall–Kier alpha value is 0.172. The van der Waals surface area contributed by atoms with Crippen molar-refractivity contribution in [3.8, 4) is 0 Å². The third-order valence-electron chi connectivity index (χ3n) is 5.93. The normalized spacial score (nSPS) is 14.6. The van der Waals surface area contributed by atoms with Gasteiger partial charge in [0.15, 0.2) is 0 Å². The van der Waals surface area contributed by atoms with Crippen LogP contribution in [0.1, 0.15) is 46.6 Å². The van der Waals surface area contributed by atoms with Crippen LogP contribution in [0.5, 0.6) is 0 Å². The molecule has 0 aliphatic heterocycles. The summed E-state index contributed by atoms with van der Waals surface area (Å²) in [4.78, 5) is 0. The summed E-state index contributed by atoms with van der Waals surface area (Å²) in [5.41, 5.74) is 1.46. The summed E-state index contributed by atoms with van der Waals surface area (Å²) in [6, 6.07) is 8.52. The molecule has 0 N–H and O–H groups in total. The molecule has 0 radical (unpaired) electrons. The molecule has 19 heavy (non-hydrogen) atoms. The van der Waals surface area contributed by atoms with Crippen LogP contribution in [0.4, 0.5) is 0 Å². The number of benzene rings is 1. The molecule has 0 aliphatic rings. The predicted octanol–water partition coefficient (Wildman–Crippen LogP) is 3.06. The SMILES string of the molecule is CC[B-](CC)(CC)C(C)(CC)c1ccc(Cl)cc1.[Li+]. The Kier molecular flexibility index (Phi) is 7.89. The fourth-order valence-electron chi connectivity index (χ4n) is 4.04. The molecular formula is C16H27BClLi. The maximum atomic E-state index is 6.03. The van der Waals surface area contributed by atoms with E-state index in [9.17, 15) is 0 Å². The van der Waals surface area contributed by atoms with Gasteiger partial charge in [-0.15, -0.1) is 5.31 Å². The van der Waals surface area contributed by atoms with Gasteiger partial charge in [0.05, 0.1) is 0 Å². The molecule has 0 aliphatic carbocycles. The minimum atomic E-state index is -0.361. The zero-order valence-corrected chi connectivity index (χ0v) is 14.3. The van der Waals surface area contributed by atoms with Gasteiger partial charge in [-0.1, -0.05) is 70.3 Å². The fourth-order valence-corrected chi connectivity index (χ4v) is 4.16. The van der Waals surface area contributed by atoms with Crippen LogP contribution >= 0.6 is 11.6 Å². The van der Waals surface area contributed by atoms with Crippen molar-refractivity contribution in [3.63, 3.8) is 0 Å². The predicted molar refractivity (Wildman–Crippen MR) is 86.3 cm³/mol. The maximum absolute atomic E-state index is 6.03. The van der Waals surface area contributed by atoms with Gasteiger partial charge in [0.2, 0.25) is 0 Å². The van der Waals surface area contributed by atoms with Gasteiger partial charge in [-0.3, -0.25) is 0 Å². The molecule has 102 valence electrons. The van der Waals surface area contributed by atoms with E-state index in [0.717, 1.165) is 5.02 Å². The van der Waals surface area contributed by atoms with Crippen molar-refractivity contribution in [2.45, 2.75) is 65.3 Å². The Morgan fingerprint density at radius 2 is 1.37 bits per heavy atom. The van der Waals surface area contributed by atoms with Crippen molar-refractivity contribution < 1.29 is 18.9 Å². The van der Waals surface area contributed by atoms with Crippen LogP contribution in [-0.2, 0) is 5.31 Å². The number of hydrogen-bond donors (Lipinski definition) is 0. The molecule has 0 fully saturated rings. The molecule has 0 aromatic heterocycles. The van der Waals surface area contributed by atoms with Crippen LogP contribution in [0.25, 0.3) is 0 Å². The molecule has 0 amide bonds. The Labute approximate surface area is 136 Å². The van der Waals surface area contributed by atoms with E-state index in [1.165, 1.54) is 30.9 Å². The summed E-state index contributed by atoms with van der Waals surface area (Å²) in [5.74, 6) is 0. The monoisotopic (exact) mass is 272 g/mol. The standard InChI is InChI=1S/C16H27BCl.Li/c1-6-16(5,17(7-2,8-3)9-4)14-10-12-15(18)13-11-14;/h10-13H,6-9H2,1-5H3;/q-1;+1. The summed E-state index contributed by atoms with van der Waals surface area (Å²) >= 11 is 6.03. The van der Waals surface area contributed by atoms with Crippen molar-refractivity contribution in [3.05, 3.63) is 34.9 Å². The summed E-state index contributed by atoms with van der Waals surface area (Å²) < 4.78 is 0. The van der Waals surface area contributed by atoms with Gasteiger partial charge in [-0.25, -0.2) is 0 Å². The molecule has 0 heterocycles. The molecule has 1 rings (SSSR count). The second kappa shape index (κ2) is 7.82. The van der Waals surface area contributed by atoms with Gasteiger partial charge in [0, 0.05) is 11.2 Å². The molecule has 1 unspecified atom stereocenters. The smallest absolute Gasteiger partial charge is 0.180 e. The molecule has 0 nitrogen and oxygen atoms in total. The van der Waals surface area contributed by atoms with E-state index in [1.54, 1.807) is 0 Å². The second-order valence-electron chi connectivity index (χ2n) is 5.98. The van der Waals surface area contributed by atoms with Crippen LogP contribution in [-0.4, -0.2) is 6.15 Å². The van der Waals surface area contributed by atoms with Gasteiger partial charge in [0.25, 0.3) is 0 Å². The zero-order chi connectivity index (χ0) is 13.8. The van der Waals surface area contributed by atoms with Crippen molar-refractivity contribution in [1.82, 2.24) is 0 Å². The number of hydrogen-bond acceptors (Lipinski definition) is 0. The van der Waals surface area contributed by atoms with E-state index >= 15 is 0 Å². The average Bonchev–Trinajstić information content (AvgIpc) is 2.41. The van der Waals surface area contributed by atoms with Crippen LogP contribution in [0.15, 0.2) is 24.3 Å². The first kappa shape index (κ1) is 19.2. The van der Waals surface area contributed by atoms with Gasteiger partial charge in [0.1, 0.15) is 0 Å². The van der Waals surface area contributed by atoms with Gasteiger partial charge < -0.3 is 0 Å².